The topological polar surface area (TPSA) is 106 Å². The van der Waals surface area contributed by atoms with E-state index in [9.17, 15) is 10.1 Å². The summed E-state index contributed by atoms with van der Waals surface area (Å²) in [6.07, 6.45) is 3.31. The van der Waals surface area contributed by atoms with E-state index >= 15 is 0 Å². The average Bonchev–Trinajstić information content (AvgIpc) is 2.74. The molecule has 2 N–H and O–H groups in total. The van der Waals surface area contributed by atoms with Crippen molar-refractivity contribution in [2.24, 2.45) is 5.73 Å². The second kappa shape index (κ2) is 8.07. The van der Waals surface area contributed by atoms with Crippen molar-refractivity contribution in [3.63, 3.8) is 0 Å². The molecule has 2 aromatic rings. The summed E-state index contributed by atoms with van der Waals surface area (Å²) in [5.74, 6) is -0.167. The molecule has 0 radical (unpaired) electrons. The molecule has 2 aliphatic rings. The van der Waals surface area contributed by atoms with Crippen LogP contribution in [0.25, 0.3) is 0 Å². The molecular formula is C21H23N5O3. The maximum absolute atomic E-state index is 13.5. The molecule has 150 valence electrons. The van der Waals surface area contributed by atoms with E-state index in [1.807, 2.05) is 19.1 Å². The molecule has 0 unspecified atom stereocenters. The van der Waals surface area contributed by atoms with Gasteiger partial charge in [-0.25, -0.2) is 0 Å². The van der Waals surface area contributed by atoms with Crippen LogP contribution >= 0.6 is 0 Å². The molecule has 4 heterocycles. The van der Waals surface area contributed by atoms with Gasteiger partial charge in [-0.1, -0.05) is 6.07 Å². The van der Waals surface area contributed by atoms with E-state index in [2.05, 4.69) is 16.0 Å². The summed E-state index contributed by atoms with van der Waals surface area (Å²) in [5.41, 5.74) is 8.03. The molecular weight excluding hydrogens is 370 g/mol. The number of ether oxygens (including phenoxy) is 2. The summed E-state index contributed by atoms with van der Waals surface area (Å²) >= 11 is 0. The molecule has 4 rings (SSSR count). The van der Waals surface area contributed by atoms with Gasteiger partial charge in [-0.2, -0.15) is 5.26 Å². The average molecular weight is 393 g/mol. The van der Waals surface area contributed by atoms with Crippen LogP contribution in [0.5, 0.6) is 5.75 Å². The van der Waals surface area contributed by atoms with Crippen LogP contribution in [0.2, 0.25) is 0 Å². The lowest BCUT2D eigenvalue weighted by Gasteiger charge is -2.29. The van der Waals surface area contributed by atoms with Crippen molar-refractivity contribution in [3.05, 3.63) is 69.2 Å². The van der Waals surface area contributed by atoms with Crippen LogP contribution in [0.4, 0.5) is 0 Å². The molecule has 8 nitrogen and oxygen atoms in total. The molecule has 2 aliphatic heterocycles. The smallest absolute Gasteiger partial charge is 0.258 e. The van der Waals surface area contributed by atoms with E-state index in [-0.39, 0.29) is 17.0 Å². The van der Waals surface area contributed by atoms with Crippen molar-refractivity contribution in [1.82, 2.24) is 14.5 Å². The Morgan fingerprint density at radius 2 is 2.14 bits per heavy atom. The van der Waals surface area contributed by atoms with Gasteiger partial charge in [0, 0.05) is 50.3 Å². The van der Waals surface area contributed by atoms with E-state index in [0.29, 0.717) is 31.1 Å². The SMILES string of the molecule is Cc1cc2c(c(=O)n1CCN1CCOCC1)[C@H](c1cccnc1)C(C#N)=C(N)O2. The maximum atomic E-state index is 13.5. The third-order valence-electron chi connectivity index (χ3n) is 5.45. The van der Waals surface area contributed by atoms with E-state index < -0.39 is 5.92 Å². The number of aromatic nitrogens is 2. The van der Waals surface area contributed by atoms with Crippen LogP contribution in [0.1, 0.15) is 22.7 Å². The minimum atomic E-state index is -0.597. The van der Waals surface area contributed by atoms with E-state index in [4.69, 9.17) is 15.2 Å². The minimum absolute atomic E-state index is 0.0266. The molecule has 0 spiro atoms. The summed E-state index contributed by atoms with van der Waals surface area (Å²) in [6.45, 7) is 6.33. The maximum Gasteiger partial charge on any atom is 0.258 e. The Hall–Kier alpha value is -3.15. The number of nitrogens with zero attached hydrogens (tertiary/aromatic N) is 4. The molecule has 0 aliphatic carbocycles. The third-order valence-corrected chi connectivity index (χ3v) is 5.45. The first-order valence-corrected chi connectivity index (χ1v) is 9.62. The highest BCUT2D eigenvalue weighted by Crippen LogP contribution is 2.40. The molecule has 8 heteroatoms. The van der Waals surface area contributed by atoms with Crippen LogP contribution in [0.15, 0.2) is 46.8 Å². The first-order chi connectivity index (χ1) is 14.1. The minimum Gasteiger partial charge on any atom is -0.440 e. The van der Waals surface area contributed by atoms with Gasteiger partial charge in [0.1, 0.15) is 17.4 Å². The molecule has 0 bridgehead atoms. The fourth-order valence-corrected chi connectivity index (χ4v) is 3.91. The number of hydrogen-bond donors (Lipinski definition) is 1. The fraction of sp³-hybridized carbons (Fsp3) is 0.381. The van der Waals surface area contributed by atoms with Gasteiger partial charge in [0.15, 0.2) is 0 Å². The Balaban J connectivity index is 1.77. The number of allylic oxidation sites excluding steroid dienone is 1. The molecule has 0 aromatic carbocycles. The van der Waals surface area contributed by atoms with Crippen molar-refractivity contribution in [2.45, 2.75) is 19.4 Å². The molecule has 0 saturated carbocycles. The number of aryl methyl sites for hydroxylation is 1. The van der Waals surface area contributed by atoms with Crippen LogP contribution in [0, 0.1) is 18.3 Å². The highest BCUT2D eigenvalue weighted by molar-refractivity contribution is 5.54. The Morgan fingerprint density at radius 3 is 2.83 bits per heavy atom. The normalized spacial score (nSPS) is 19.4. The molecule has 2 aromatic heterocycles. The summed E-state index contributed by atoms with van der Waals surface area (Å²) in [7, 11) is 0. The number of morpholine rings is 1. The van der Waals surface area contributed by atoms with Gasteiger partial charge in [0.05, 0.1) is 24.7 Å². The fourth-order valence-electron chi connectivity index (χ4n) is 3.91. The Labute approximate surface area is 168 Å². The molecule has 1 fully saturated rings. The van der Waals surface area contributed by atoms with Crippen molar-refractivity contribution in [1.29, 1.82) is 5.26 Å². The lowest BCUT2D eigenvalue weighted by Crippen LogP contribution is -2.40. The Morgan fingerprint density at radius 1 is 1.34 bits per heavy atom. The van der Waals surface area contributed by atoms with Crippen molar-refractivity contribution >= 4 is 0 Å². The highest BCUT2D eigenvalue weighted by atomic mass is 16.5. The van der Waals surface area contributed by atoms with E-state index in [0.717, 1.165) is 30.9 Å². The van der Waals surface area contributed by atoms with Gasteiger partial charge in [-0.3, -0.25) is 14.7 Å². The van der Waals surface area contributed by atoms with Crippen LogP contribution in [-0.4, -0.2) is 47.3 Å². The first-order valence-electron chi connectivity index (χ1n) is 9.62. The predicted octanol–water partition coefficient (Wildman–Crippen LogP) is 1.10. The largest absolute Gasteiger partial charge is 0.440 e. The van der Waals surface area contributed by atoms with Gasteiger partial charge in [-0.05, 0) is 18.6 Å². The van der Waals surface area contributed by atoms with Gasteiger partial charge < -0.3 is 19.8 Å². The molecule has 1 saturated heterocycles. The number of nitriles is 1. The lowest BCUT2D eigenvalue weighted by atomic mass is 9.85. The number of rotatable bonds is 4. The second-order valence-electron chi connectivity index (χ2n) is 7.19. The third kappa shape index (κ3) is 3.62. The van der Waals surface area contributed by atoms with Crippen molar-refractivity contribution in [2.75, 3.05) is 32.8 Å². The lowest BCUT2D eigenvalue weighted by molar-refractivity contribution is 0.0362. The van der Waals surface area contributed by atoms with Gasteiger partial charge in [0.25, 0.3) is 5.56 Å². The number of fused-ring (bicyclic) bond motifs is 1. The molecule has 0 amide bonds. The van der Waals surface area contributed by atoms with Crippen molar-refractivity contribution < 1.29 is 9.47 Å². The Bertz CT molecular complexity index is 1030. The number of hydrogen-bond acceptors (Lipinski definition) is 7. The zero-order chi connectivity index (χ0) is 20.4. The quantitative estimate of drug-likeness (QED) is 0.829. The zero-order valence-electron chi connectivity index (χ0n) is 16.3. The highest BCUT2D eigenvalue weighted by Gasteiger charge is 2.34. The molecule has 1 atom stereocenters. The van der Waals surface area contributed by atoms with E-state index in [1.165, 1.54) is 0 Å². The van der Waals surface area contributed by atoms with E-state index in [1.54, 1.807) is 23.0 Å². The van der Waals surface area contributed by atoms with Crippen LogP contribution < -0.4 is 16.0 Å². The summed E-state index contributed by atoms with van der Waals surface area (Å²) in [5, 5.41) is 9.69. The van der Waals surface area contributed by atoms with Crippen molar-refractivity contribution in [3.8, 4) is 11.8 Å². The monoisotopic (exact) mass is 393 g/mol. The standard InChI is InChI=1S/C21H23N5O3/c1-14-11-17-19(21(27)26(14)6-5-25-7-9-28-10-8-25)18(15-3-2-4-24-13-15)16(12-22)20(23)29-17/h2-4,11,13,18H,5-10,23H2,1H3/t18-/m1/s1. The van der Waals surface area contributed by atoms with Gasteiger partial charge in [0.2, 0.25) is 5.88 Å². The zero-order valence-corrected chi connectivity index (χ0v) is 16.3. The number of nitrogens with two attached hydrogens (primary N) is 1. The number of pyridine rings is 2. The first kappa shape index (κ1) is 19.2. The van der Waals surface area contributed by atoms with Gasteiger partial charge >= 0.3 is 0 Å². The van der Waals surface area contributed by atoms with Crippen LogP contribution in [0.3, 0.4) is 0 Å². The van der Waals surface area contributed by atoms with Crippen LogP contribution in [-0.2, 0) is 11.3 Å². The second-order valence-corrected chi connectivity index (χ2v) is 7.19. The summed E-state index contributed by atoms with van der Waals surface area (Å²) in [6, 6.07) is 7.56. The predicted molar refractivity (Wildman–Crippen MR) is 106 cm³/mol. The summed E-state index contributed by atoms with van der Waals surface area (Å²) in [4.78, 5) is 19.9. The summed E-state index contributed by atoms with van der Waals surface area (Å²) < 4.78 is 12.8. The Kier molecular flexibility index (Phi) is 5.34. The van der Waals surface area contributed by atoms with Gasteiger partial charge in [-0.15, -0.1) is 0 Å². The molecule has 29 heavy (non-hydrogen) atoms.